The number of nitrogens with zero attached hydrogens (tertiary/aromatic N) is 2. The Hall–Kier alpha value is -1.43. The van der Waals surface area contributed by atoms with Crippen LogP contribution in [-0.2, 0) is 6.54 Å². The van der Waals surface area contributed by atoms with Crippen molar-refractivity contribution in [2.75, 3.05) is 31.5 Å². The Morgan fingerprint density at radius 3 is 2.86 bits per heavy atom. The Bertz CT molecular complexity index is 757. The molecular weight excluding hydrogens is 382 g/mol. The summed E-state index contributed by atoms with van der Waals surface area (Å²) in [7, 11) is 0. The van der Waals surface area contributed by atoms with Gasteiger partial charge in [-0.2, -0.15) is 0 Å². The van der Waals surface area contributed by atoms with E-state index < -0.39 is 0 Å². The largest absolute Gasteiger partial charge is 0.344 e. The molecule has 1 aromatic carbocycles. The van der Waals surface area contributed by atoms with Crippen molar-refractivity contribution in [3.63, 3.8) is 0 Å². The number of thiophene rings is 1. The van der Waals surface area contributed by atoms with E-state index in [0.717, 1.165) is 42.8 Å². The van der Waals surface area contributed by atoms with Crippen molar-refractivity contribution in [1.82, 2.24) is 9.80 Å². The van der Waals surface area contributed by atoms with Crippen LogP contribution in [0.3, 0.4) is 0 Å². The number of anilines is 1. The number of hydrogen-bond acceptors (Lipinski definition) is 3. The molecule has 1 saturated heterocycles. The highest BCUT2D eigenvalue weighted by Crippen LogP contribution is 2.18. The number of thiocarbonyl (C=S) groups is 1. The van der Waals surface area contributed by atoms with Crippen molar-refractivity contribution < 1.29 is 0 Å². The SMILES string of the molecule is Cc1ccc(NC(=S)N(CCCN2CCCC(C)C2)Cc2cccs2)cc1C. The van der Waals surface area contributed by atoms with Gasteiger partial charge in [-0.25, -0.2) is 0 Å². The van der Waals surface area contributed by atoms with E-state index in [1.54, 1.807) is 11.3 Å². The highest BCUT2D eigenvalue weighted by Gasteiger charge is 2.17. The first-order chi connectivity index (χ1) is 13.5. The molecular formula is C23H33N3S2. The van der Waals surface area contributed by atoms with E-state index in [1.165, 1.54) is 41.9 Å². The van der Waals surface area contributed by atoms with Crippen LogP contribution in [0.2, 0.25) is 0 Å². The highest BCUT2D eigenvalue weighted by atomic mass is 32.1. The Morgan fingerprint density at radius 2 is 2.14 bits per heavy atom. The van der Waals surface area contributed by atoms with Crippen LogP contribution in [0.4, 0.5) is 5.69 Å². The molecule has 2 heterocycles. The van der Waals surface area contributed by atoms with E-state index >= 15 is 0 Å². The molecule has 1 atom stereocenters. The Morgan fingerprint density at radius 1 is 1.29 bits per heavy atom. The van der Waals surface area contributed by atoms with Crippen molar-refractivity contribution >= 4 is 34.4 Å². The fourth-order valence-electron chi connectivity index (χ4n) is 3.84. The van der Waals surface area contributed by atoms with Gasteiger partial charge in [0.05, 0.1) is 6.54 Å². The molecule has 3 nitrogen and oxygen atoms in total. The molecule has 0 radical (unpaired) electrons. The lowest BCUT2D eigenvalue weighted by Gasteiger charge is -2.32. The number of aryl methyl sites for hydroxylation is 2. The first-order valence-corrected chi connectivity index (χ1v) is 11.7. The Labute approximate surface area is 179 Å². The van der Waals surface area contributed by atoms with E-state index in [2.05, 4.69) is 71.6 Å². The molecule has 0 aliphatic carbocycles. The molecule has 152 valence electrons. The molecule has 1 N–H and O–H groups in total. The Kier molecular flexibility index (Phi) is 7.89. The molecule has 1 aliphatic rings. The van der Waals surface area contributed by atoms with Crippen molar-refractivity contribution in [1.29, 1.82) is 0 Å². The lowest BCUT2D eigenvalue weighted by molar-refractivity contribution is 0.177. The summed E-state index contributed by atoms with van der Waals surface area (Å²) in [6.45, 7) is 12.2. The quantitative estimate of drug-likeness (QED) is 0.586. The van der Waals surface area contributed by atoms with Gasteiger partial charge in [-0.1, -0.05) is 19.1 Å². The number of rotatable bonds is 7. The monoisotopic (exact) mass is 415 g/mol. The first-order valence-electron chi connectivity index (χ1n) is 10.4. The van der Waals surface area contributed by atoms with E-state index in [1.807, 2.05) is 0 Å². The van der Waals surface area contributed by atoms with Crippen LogP contribution in [0.5, 0.6) is 0 Å². The average molecular weight is 416 g/mol. The smallest absolute Gasteiger partial charge is 0.173 e. The summed E-state index contributed by atoms with van der Waals surface area (Å²) in [6.07, 6.45) is 3.87. The molecule has 0 amide bonds. The van der Waals surface area contributed by atoms with Crippen LogP contribution in [-0.4, -0.2) is 41.1 Å². The lowest BCUT2D eigenvalue weighted by Crippen LogP contribution is -2.39. The predicted molar refractivity (Wildman–Crippen MR) is 126 cm³/mol. The van der Waals surface area contributed by atoms with E-state index in [-0.39, 0.29) is 0 Å². The normalized spacial score (nSPS) is 17.5. The minimum Gasteiger partial charge on any atom is -0.344 e. The summed E-state index contributed by atoms with van der Waals surface area (Å²) in [5.41, 5.74) is 3.67. The molecule has 0 saturated carbocycles. The third-order valence-corrected chi connectivity index (χ3v) is 6.84. The zero-order valence-electron chi connectivity index (χ0n) is 17.4. The van der Waals surface area contributed by atoms with Crippen molar-refractivity contribution in [2.24, 2.45) is 5.92 Å². The summed E-state index contributed by atoms with van der Waals surface area (Å²) in [5, 5.41) is 6.43. The van der Waals surface area contributed by atoms with Gasteiger partial charge in [0, 0.05) is 23.7 Å². The second kappa shape index (κ2) is 10.4. The molecule has 28 heavy (non-hydrogen) atoms. The maximum Gasteiger partial charge on any atom is 0.173 e. The van der Waals surface area contributed by atoms with Crippen molar-refractivity contribution in [2.45, 2.75) is 46.6 Å². The third kappa shape index (κ3) is 6.29. The zero-order valence-corrected chi connectivity index (χ0v) is 19.0. The third-order valence-electron chi connectivity index (χ3n) is 5.62. The summed E-state index contributed by atoms with van der Waals surface area (Å²) < 4.78 is 0. The predicted octanol–water partition coefficient (Wildman–Crippen LogP) is 5.69. The molecule has 0 spiro atoms. The van der Waals surface area contributed by atoms with Crippen LogP contribution in [0.1, 0.15) is 42.2 Å². The topological polar surface area (TPSA) is 18.5 Å². The van der Waals surface area contributed by atoms with Crippen LogP contribution < -0.4 is 5.32 Å². The van der Waals surface area contributed by atoms with Gasteiger partial charge in [0.25, 0.3) is 0 Å². The first kappa shape index (κ1) is 21.3. The van der Waals surface area contributed by atoms with Crippen LogP contribution >= 0.6 is 23.6 Å². The minimum absolute atomic E-state index is 0.823. The lowest BCUT2D eigenvalue weighted by atomic mass is 10.0. The second-order valence-corrected chi connectivity index (χ2v) is 9.55. The average Bonchev–Trinajstić information content (AvgIpc) is 3.17. The molecule has 1 unspecified atom stereocenters. The van der Waals surface area contributed by atoms with E-state index in [9.17, 15) is 0 Å². The number of nitrogens with one attached hydrogen (secondary N) is 1. The summed E-state index contributed by atoms with van der Waals surface area (Å²) in [5.74, 6) is 0.837. The number of benzene rings is 1. The number of piperidine rings is 1. The Balaban J connectivity index is 1.58. The molecule has 1 aromatic heterocycles. The van der Waals surface area contributed by atoms with Gasteiger partial charge in [0.2, 0.25) is 0 Å². The van der Waals surface area contributed by atoms with Gasteiger partial charge < -0.3 is 15.1 Å². The van der Waals surface area contributed by atoms with Crippen LogP contribution in [0.25, 0.3) is 0 Å². The molecule has 1 fully saturated rings. The summed E-state index contributed by atoms with van der Waals surface area (Å²) >= 11 is 7.60. The van der Waals surface area contributed by atoms with Gasteiger partial charge in [0.1, 0.15) is 0 Å². The van der Waals surface area contributed by atoms with Gasteiger partial charge in [-0.05, 0) is 99.0 Å². The van der Waals surface area contributed by atoms with Gasteiger partial charge >= 0.3 is 0 Å². The number of likely N-dealkylation sites (tertiary alicyclic amines) is 1. The molecule has 2 aromatic rings. The second-order valence-electron chi connectivity index (χ2n) is 8.13. The van der Waals surface area contributed by atoms with Crippen LogP contribution in [0, 0.1) is 19.8 Å². The highest BCUT2D eigenvalue weighted by molar-refractivity contribution is 7.80. The maximum atomic E-state index is 5.80. The fourth-order valence-corrected chi connectivity index (χ4v) is 4.83. The molecule has 5 heteroatoms. The molecule has 1 aliphatic heterocycles. The zero-order chi connectivity index (χ0) is 19.9. The molecule has 3 rings (SSSR count). The van der Waals surface area contributed by atoms with Gasteiger partial charge in [-0.3, -0.25) is 0 Å². The van der Waals surface area contributed by atoms with Gasteiger partial charge in [0.15, 0.2) is 5.11 Å². The maximum absolute atomic E-state index is 5.80. The number of hydrogen-bond donors (Lipinski definition) is 1. The van der Waals surface area contributed by atoms with Crippen molar-refractivity contribution in [3.8, 4) is 0 Å². The standard InChI is InChI=1S/C23H33N3S2/c1-18-7-4-11-25(16-18)12-6-13-26(17-22-8-5-14-28-22)23(27)24-21-10-9-19(2)20(3)15-21/h5,8-10,14-15,18H,4,6-7,11-13,16-17H2,1-3H3,(H,24,27). The minimum atomic E-state index is 0.823. The van der Waals surface area contributed by atoms with Crippen molar-refractivity contribution in [3.05, 3.63) is 51.7 Å². The summed E-state index contributed by atoms with van der Waals surface area (Å²) in [6, 6.07) is 10.8. The van der Waals surface area contributed by atoms with Crippen LogP contribution in [0.15, 0.2) is 35.7 Å². The van der Waals surface area contributed by atoms with Gasteiger partial charge in [-0.15, -0.1) is 11.3 Å². The molecule has 0 bridgehead atoms. The van der Waals surface area contributed by atoms with E-state index in [0.29, 0.717) is 0 Å². The summed E-state index contributed by atoms with van der Waals surface area (Å²) in [4.78, 5) is 6.30. The fraction of sp³-hybridized carbons (Fsp3) is 0.522. The van der Waals surface area contributed by atoms with E-state index in [4.69, 9.17) is 12.2 Å².